The zero-order valence-electron chi connectivity index (χ0n) is 8.27. The third-order valence-corrected chi connectivity index (χ3v) is 2.81. The second-order valence-corrected chi connectivity index (χ2v) is 3.73. The molecule has 0 N–H and O–H groups in total. The average Bonchev–Trinajstić information content (AvgIpc) is 2.52. The van der Waals surface area contributed by atoms with Crippen LogP contribution in [-0.2, 0) is 7.05 Å². The molecule has 0 radical (unpaired) electrons. The molecule has 4 nitrogen and oxygen atoms in total. The first-order valence-corrected chi connectivity index (χ1v) is 4.83. The van der Waals surface area contributed by atoms with E-state index in [1.54, 1.807) is 6.33 Å². The van der Waals surface area contributed by atoms with Gasteiger partial charge >= 0.3 is 0 Å². The summed E-state index contributed by atoms with van der Waals surface area (Å²) >= 11 is 0. The quantitative estimate of drug-likeness (QED) is 0.646. The maximum atomic E-state index is 4.30. The zero-order valence-corrected chi connectivity index (χ0v) is 8.27. The van der Waals surface area contributed by atoms with Crippen molar-refractivity contribution in [2.75, 3.05) is 13.6 Å². The molecule has 1 aromatic heterocycles. The Labute approximate surface area is 78.6 Å². The molecule has 1 unspecified atom stereocenters. The highest BCUT2D eigenvalue weighted by Crippen LogP contribution is 2.27. The number of likely N-dealkylation sites (tertiary alicyclic amines) is 1. The molecule has 0 amide bonds. The van der Waals surface area contributed by atoms with Gasteiger partial charge in [-0.15, -0.1) is 0 Å². The number of hydrogen-bond acceptors (Lipinski definition) is 3. The minimum atomic E-state index is 0.473. The molecule has 13 heavy (non-hydrogen) atoms. The Morgan fingerprint density at radius 3 is 2.85 bits per heavy atom. The first-order chi connectivity index (χ1) is 6.29. The van der Waals surface area contributed by atoms with Crippen LogP contribution in [0.4, 0.5) is 0 Å². The Balaban J connectivity index is 2.19. The number of aromatic nitrogens is 3. The number of rotatable bonds is 1. The van der Waals surface area contributed by atoms with Gasteiger partial charge in [-0.05, 0) is 26.4 Å². The molecule has 0 spiro atoms. The number of hydrogen-bond donors (Lipinski definition) is 0. The number of nitrogens with zero attached hydrogens (tertiary/aromatic N) is 4. The molecule has 2 rings (SSSR count). The largest absolute Gasteiger partial charge is 0.297 e. The summed E-state index contributed by atoms with van der Waals surface area (Å²) in [6, 6.07) is 0.473. The van der Waals surface area contributed by atoms with Gasteiger partial charge < -0.3 is 0 Å². The lowest BCUT2D eigenvalue weighted by molar-refractivity contribution is 0.175. The van der Waals surface area contributed by atoms with Gasteiger partial charge in [-0.25, -0.2) is 4.98 Å². The summed E-state index contributed by atoms with van der Waals surface area (Å²) in [6.07, 6.45) is 5.47. The van der Waals surface area contributed by atoms with E-state index in [0.29, 0.717) is 6.04 Å². The first-order valence-electron chi connectivity index (χ1n) is 4.83. The third kappa shape index (κ3) is 1.58. The van der Waals surface area contributed by atoms with Gasteiger partial charge in [0, 0.05) is 7.05 Å². The van der Waals surface area contributed by atoms with E-state index in [0.717, 1.165) is 5.82 Å². The number of aryl methyl sites for hydroxylation is 1. The summed E-state index contributed by atoms with van der Waals surface area (Å²) in [7, 11) is 4.13. The highest BCUT2D eigenvalue weighted by molar-refractivity contribution is 4.95. The van der Waals surface area contributed by atoms with Gasteiger partial charge in [0.25, 0.3) is 0 Å². The minimum absolute atomic E-state index is 0.473. The van der Waals surface area contributed by atoms with Crippen molar-refractivity contribution in [3.63, 3.8) is 0 Å². The van der Waals surface area contributed by atoms with E-state index in [-0.39, 0.29) is 0 Å². The van der Waals surface area contributed by atoms with Gasteiger partial charge in [0.05, 0.1) is 6.04 Å². The molecule has 1 aromatic rings. The average molecular weight is 180 g/mol. The molecular weight excluding hydrogens is 164 g/mol. The summed E-state index contributed by atoms with van der Waals surface area (Å²) in [5.41, 5.74) is 0. The topological polar surface area (TPSA) is 34.0 Å². The van der Waals surface area contributed by atoms with E-state index in [9.17, 15) is 0 Å². The summed E-state index contributed by atoms with van der Waals surface area (Å²) in [4.78, 5) is 6.67. The molecule has 0 saturated carbocycles. The summed E-state index contributed by atoms with van der Waals surface area (Å²) < 4.78 is 1.88. The molecule has 1 aliphatic heterocycles. The van der Waals surface area contributed by atoms with Crippen LogP contribution in [0, 0.1) is 0 Å². The summed E-state index contributed by atoms with van der Waals surface area (Å²) in [5.74, 6) is 1.10. The molecule has 72 valence electrons. The van der Waals surface area contributed by atoms with Gasteiger partial charge in [0.1, 0.15) is 12.2 Å². The molecule has 2 heterocycles. The highest BCUT2D eigenvalue weighted by Gasteiger charge is 2.23. The number of piperidine rings is 1. The fourth-order valence-corrected chi connectivity index (χ4v) is 2.01. The molecule has 0 aromatic carbocycles. The van der Waals surface area contributed by atoms with Crippen molar-refractivity contribution in [1.29, 1.82) is 0 Å². The Bertz CT molecular complexity index is 281. The van der Waals surface area contributed by atoms with Crippen molar-refractivity contribution in [1.82, 2.24) is 19.7 Å². The van der Waals surface area contributed by atoms with Crippen LogP contribution in [0.1, 0.15) is 31.1 Å². The third-order valence-electron chi connectivity index (χ3n) is 2.81. The molecule has 1 saturated heterocycles. The Morgan fingerprint density at radius 1 is 1.38 bits per heavy atom. The predicted octanol–water partition coefficient (Wildman–Crippen LogP) is 0.972. The van der Waals surface area contributed by atoms with E-state index in [2.05, 4.69) is 22.0 Å². The van der Waals surface area contributed by atoms with Crippen LogP contribution < -0.4 is 0 Å². The molecule has 1 atom stereocenters. The van der Waals surface area contributed by atoms with E-state index in [1.165, 1.54) is 25.8 Å². The first kappa shape index (κ1) is 8.69. The summed E-state index contributed by atoms with van der Waals surface area (Å²) in [5, 5.41) is 4.11. The van der Waals surface area contributed by atoms with Gasteiger partial charge in [-0.1, -0.05) is 6.42 Å². The van der Waals surface area contributed by atoms with Crippen molar-refractivity contribution >= 4 is 0 Å². The molecule has 1 aliphatic rings. The Morgan fingerprint density at radius 2 is 2.23 bits per heavy atom. The van der Waals surface area contributed by atoms with Crippen LogP contribution in [-0.4, -0.2) is 33.3 Å². The van der Waals surface area contributed by atoms with Crippen molar-refractivity contribution in [2.24, 2.45) is 7.05 Å². The van der Waals surface area contributed by atoms with Crippen molar-refractivity contribution in [3.8, 4) is 0 Å². The van der Waals surface area contributed by atoms with Gasteiger partial charge in [0.15, 0.2) is 0 Å². The lowest BCUT2D eigenvalue weighted by Gasteiger charge is -2.31. The Hall–Kier alpha value is -0.900. The highest BCUT2D eigenvalue weighted by atomic mass is 15.3. The maximum absolute atomic E-state index is 4.30. The monoisotopic (exact) mass is 180 g/mol. The van der Waals surface area contributed by atoms with Crippen LogP contribution >= 0.6 is 0 Å². The van der Waals surface area contributed by atoms with E-state index < -0.39 is 0 Å². The SMILES string of the molecule is CN1CCCCC1c1ncnn1C. The second kappa shape index (κ2) is 3.46. The molecular formula is C9H16N4. The lowest BCUT2D eigenvalue weighted by atomic mass is 10.0. The lowest BCUT2D eigenvalue weighted by Crippen LogP contribution is -2.31. The van der Waals surface area contributed by atoms with Crippen molar-refractivity contribution in [3.05, 3.63) is 12.2 Å². The molecule has 1 fully saturated rings. The Kier molecular flexibility index (Phi) is 2.31. The van der Waals surface area contributed by atoms with E-state index >= 15 is 0 Å². The van der Waals surface area contributed by atoms with Gasteiger partial charge in [0.2, 0.25) is 0 Å². The van der Waals surface area contributed by atoms with Crippen molar-refractivity contribution < 1.29 is 0 Å². The maximum Gasteiger partial charge on any atom is 0.143 e. The molecule has 0 bridgehead atoms. The van der Waals surface area contributed by atoms with Gasteiger partial charge in [-0.3, -0.25) is 9.58 Å². The molecule has 0 aliphatic carbocycles. The van der Waals surface area contributed by atoms with E-state index in [1.807, 2.05) is 11.7 Å². The van der Waals surface area contributed by atoms with Crippen LogP contribution in [0.15, 0.2) is 6.33 Å². The second-order valence-electron chi connectivity index (χ2n) is 3.73. The fourth-order valence-electron chi connectivity index (χ4n) is 2.01. The normalized spacial score (nSPS) is 24.9. The summed E-state index contributed by atoms with van der Waals surface area (Å²) in [6.45, 7) is 1.18. The van der Waals surface area contributed by atoms with Crippen LogP contribution in [0.3, 0.4) is 0 Å². The smallest absolute Gasteiger partial charge is 0.143 e. The van der Waals surface area contributed by atoms with Crippen LogP contribution in [0.5, 0.6) is 0 Å². The minimum Gasteiger partial charge on any atom is -0.297 e. The van der Waals surface area contributed by atoms with E-state index in [4.69, 9.17) is 0 Å². The van der Waals surface area contributed by atoms with Gasteiger partial charge in [-0.2, -0.15) is 5.10 Å². The van der Waals surface area contributed by atoms with Crippen molar-refractivity contribution in [2.45, 2.75) is 25.3 Å². The standard InChI is InChI=1S/C9H16N4/c1-12-6-4-3-5-8(12)9-10-7-11-13(9)2/h7-8H,3-6H2,1-2H3. The molecule has 4 heteroatoms. The predicted molar refractivity (Wildman–Crippen MR) is 50.2 cm³/mol. The van der Waals surface area contributed by atoms with Crippen LogP contribution in [0.25, 0.3) is 0 Å². The van der Waals surface area contributed by atoms with Crippen LogP contribution in [0.2, 0.25) is 0 Å². The fraction of sp³-hybridized carbons (Fsp3) is 0.778. The zero-order chi connectivity index (χ0) is 9.26.